The monoisotopic (exact) mass is 262 g/mol. The minimum Gasteiger partial charge on any atom is -0.461 e. The summed E-state index contributed by atoms with van der Waals surface area (Å²) in [6.45, 7) is 3.82. The fraction of sp³-hybridized carbons (Fsp3) is 0.286. The highest BCUT2D eigenvalue weighted by molar-refractivity contribution is 5.89. The molecule has 0 N–H and O–H groups in total. The average molecular weight is 262 g/mol. The number of carbonyl (C=O) groups is 1. The maximum absolute atomic E-state index is 12.9. The SMILES string of the molecule is CCOC(=O)c1c(C)nc(-c2ccc(F)cc2)n1C. The lowest BCUT2D eigenvalue weighted by atomic mass is 10.2. The average Bonchev–Trinajstić information content (AvgIpc) is 2.66. The van der Waals surface area contributed by atoms with Crippen molar-refractivity contribution in [3.8, 4) is 11.4 Å². The number of ether oxygens (including phenoxy) is 1. The molecule has 1 heterocycles. The molecule has 0 saturated carbocycles. The molecule has 0 amide bonds. The van der Waals surface area contributed by atoms with Crippen molar-refractivity contribution in [2.24, 2.45) is 7.05 Å². The van der Waals surface area contributed by atoms with Crippen molar-refractivity contribution in [1.82, 2.24) is 9.55 Å². The number of aromatic nitrogens is 2. The molecule has 0 atom stereocenters. The molecule has 2 aromatic rings. The second kappa shape index (κ2) is 5.22. The lowest BCUT2D eigenvalue weighted by Crippen LogP contribution is -2.11. The summed E-state index contributed by atoms with van der Waals surface area (Å²) < 4.78 is 19.6. The molecule has 0 aliphatic carbocycles. The van der Waals surface area contributed by atoms with Gasteiger partial charge in [0.15, 0.2) is 0 Å². The van der Waals surface area contributed by atoms with Gasteiger partial charge in [-0.1, -0.05) is 0 Å². The van der Waals surface area contributed by atoms with Gasteiger partial charge in [-0.05, 0) is 38.1 Å². The van der Waals surface area contributed by atoms with Gasteiger partial charge in [-0.3, -0.25) is 0 Å². The topological polar surface area (TPSA) is 44.1 Å². The zero-order valence-corrected chi connectivity index (χ0v) is 11.1. The number of aryl methyl sites for hydroxylation is 1. The van der Waals surface area contributed by atoms with Crippen molar-refractivity contribution >= 4 is 5.97 Å². The van der Waals surface area contributed by atoms with Gasteiger partial charge < -0.3 is 9.30 Å². The Morgan fingerprint density at radius 1 is 1.37 bits per heavy atom. The summed E-state index contributed by atoms with van der Waals surface area (Å²) in [4.78, 5) is 16.2. The number of imidazole rings is 1. The molecule has 0 unspecified atom stereocenters. The van der Waals surface area contributed by atoms with Gasteiger partial charge in [-0.2, -0.15) is 0 Å². The van der Waals surface area contributed by atoms with Gasteiger partial charge in [0, 0.05) is 12.6 Å². The quantitative estimate of drug-likeness (QED) is 0.799. The van der Waals surface area contributed by atoms with Gasteiger partial charge in [-0.15, -0.1) is 0 Å². The summed E-state index contributed by atoms with van der Waals surface area (Å²) in [7, 11) is 1.74. The van der Waals surface area contributed by atoms with Crippen molar-refractivity contribution in [3.63, 3.8) is 0 Å². The number of rotatable bonds is 3. The standard InChI is InChI=1S/C14H15FN2O2/c1-4-19-14(18)12-9(2)16-13(17(12)3)10-5-7-11(15)8-6-10/h5-8H,4H2,1-3H3. The second-order valence-electron chi connectivity index (χ2n) is 4.16. The number of esters is 1. The Balaban J connectivity index is 2.46. The van der Waals surface area contributed by atoms with Crippen LogP contribution in [0.5, 0.6) is 0 Å². The first kappa shape index (κ1) is 13.3. The number of nitrogens with zero attached hydrogens (tertiary/aromatic N) is 2. The molecule has 0 aliphatic rings. The van der Waals surface area contributed by atoms with E-state index >= 15 is 0 Å². The van der Waals surface area contributed by atoms with Gasteiger partial charge in [0.25, 0.3) is 0 Å². The van der Waals surface area contributed by atoms with Crippen LogP contribution in [0.1, 0.15) is 23.1 Å². The predicted octanol–water partition coefficient (Wildman–Crippen LogP) is 2.71. The summed E-state index contributed by atoms with van der Waals surface area (Å²) in [6.07, 6.45) is 0. The third-order valence-corrected chi connectivity index (χ3v) is 2.84. The maximum Gasteiger partial charge on any atom is 0.356 e. The van der Waals surface area contributed by atoms with E-state index in [1.165, 1.54) is 12.1 Å². The summed E-state index contributed by atoms with van der Waals surface area (Å²) >= 11 is 0. The number of carbonyl (C=O) groups excluding carboxylic acids is 1. The molecule has 5 heteroatoms. The molecule has 0 bridgehead atoms. The van der Waals surface area contributed by atoms with Crippen LogP contribution < -0.4 is 0 Å². The van der Waals surface area contributed by atoms with Crippen molar-refractivity contribution in [1.29, 1.82) is 0 Å². The Hall–Kier alpha value is -2.17. The molecule has 0 saturated heterocycles. The van der Waals surface area contributed by atoms with Crippen LogP contribution in [0.15, 0.2) is 24.3 Å². The molecule has 0 radical (unpaired) electrons. The maximum atomic E-state index is 12.9. The van der Waals surface area contributed by atoms with E-state index in [0.717, 1.165) is 5.56 Å². The smallest absolute Gasteiger partial charge is 0.356 e. The highest BCUT2D eigenvalue weighted by atomic mass is 19.1. The van der Waals surface area contributed by atoms with Crippen LogP contribution in [-0.2, 0) is 11.8 Å². The van der Waals surface area contributed by atoms with Crippen LogP contribution in [0.2, 0.25) is 0 Å². The third-order valence-electron chi connectivity index (χ3n) is 2.84. The van der Waals surface area contributed by atoms with Crippen LogP contribution in [0.4, 0.5) is 4.39 Å². The minimum absolute atomic E-state index is 0.305. The van der Waals surface area contributed by atoms with Crippen LogP contribution in [0, 0.1) is 12.7 Å². The summed E-state index contributed by atoms with van der Waals surface area (Å²) in [5.74, 6) is -0.0933. The molecule has 1 aromatic carbocycles. The van der Waals surface area contributed by atoms with Crippen LogP contribution >= 0.6 is 0 Å². The van der Waals surface area contributed by atoms with E-state index in [0.29, 0.717) is 23.8 Å². The number of hydrogen-bond acceptors (Lipinski definition) is 3. The summed E-state index contributed by atoms with van der Waals surface area (Å²) in [5.41, 5.74) is 1.77. The van der Waals surface area contributed by atoms with Gasteiger partial charge in [0.05, 0.1) is 12.3 Å². The van der Waals surface area contributed by atoms with Gasteiger partial charge >= 0.3 is 5.97 Å². The summed E-state index contributed by atoms with van der Waals surface area (Å²) in [5, 5.41) is 0. The Bertz CT molecular complexity index is 603. The fourth-order valence-corrected chi connectivity index (χ4v) is 1.98. The lowest BCUT2D eigenvalue weighted by Gasteiger charge is -2.06. The van der Waals surface area contributed by atoms with E-state index in [-0.39, 0.29) is 5.82 Å². The van der Waals surface area contributed by atoms with E-state index in [1.54, 1.807) is 37.6 Å². The number of benzene rings is 1. The van der Waals surface area contributed by atoms with E-state index < -0.39 is 5.97 Å². The Kier molecular flexibility index (Phi) is 3.64. The Labute approximate surface area is 110 Å². The van der Waals surface area contributed by atoms with E-state index in [9.17, 15) is 9.18 Å². The zero-order chi connectivity index (χ0) is 14.0. The first-order valence-corrected chi connectivity index (χ1v) is 6.01. The predicted molar refractivity (Wildman–Crippen MR) is 69.3 cm³/mol. The molecular formula is C14H15FN2O2. The molecule has 0 spiro atoms. The van der Waals surface area contributed by atoms with Gasteiger partial charge in [0.2, 0.25) is 0 Å². The molecule has 100 valence electrons. The molecule has 19 heavy (non-hydrogen) atoms. The first-order valence-electron chi connectivity index (χ1n) is 6.01. The van der Waals surface area contributed by atoms with Crippen molar-refractivity contribution in [2.75, 3.05) is 6.61 Å². The van der Waals surface area contributed by atoms with Crippen molar-refractivity contribution in [3.05, 3.63) is 41.5 Å². The molecule has 2 rings (SSSR count). The largest absolute Gasteiger partial charge is 0.461 e. The summed E-state index contributed by atoms with van der Waals surface area (Å²) in [6, 6.07) is 5.99. The van der Waals surface area contributed by atoms with E-state index in [4.69, 9.17) is 4.74 Å². The molecule has 4 nitrogen and oxygen atoms in total. The van der Waals surface area contributed by atoms with Crippen LogP contribution in [-0.4, -0.2) is 22.1 Å². The minimum atomic E-state index is -0.400. The van der Waals surface area contributed by atoms with E-state index in [1.807, 2.05) is 0 Å². The molecule has 0 fully saturated rings. The zero-order valence-electron chi connectivity index (χ0n) is 11.1. The van der Waals surface area contributed by atoms with Crippen molar-refractivity contribution < 1.29 is 13.9 Å². The van der Waals surface area contributed by atoms with Crippen molar-refractivity contribution in [2.45, 2.75) is 13.8 Å². The van der Waals surface area contributed by atoms with Gasteiger partial charge in [0.1, 0.15) is 17.3 Å². The van der Waals surface area contributed by atoms with Gasteiger partial charge in [-0.25, -0.2) is 14.2 Å². The second-order valence-corrected chi connectivity index (χ2v) is 4.16. The number of hydrogen-bond donors (Lipinski definition) is 0. The normalized spacial score (nSPS) is 10.5. The molecular weight excluding hydrogens is 247 g/mol. The fourth-order valence-electron chi connectivity index (χ4n) is 1.98. The Morgan fingerprint density at radius 3 is 2.58 bits per heavy atom. The number of halogens is 1. The first-order chi connectivity index (χ1) is 9.04. The molecule has 1 aromatic heterocycles. The Morgan fingerprint density at radius 2 is 2.00 bits per heavy atom. The lowest BCUT2D eigenvalue weighted by molar-refractivity contribution is 0.0514. The third kappa shape index (κ3) is 2.50. The molecule has 0 aliphatic heterocycles. The van der Waals surface area contributed by atoms with Crippen LogP contribution in [0.25, 0.3) is 11.4 Å². The van der Waals surface area contributed by atoms with E-state index in [2.05, 4.69) is 4.98 Å². The highest BCUT2D eigenvalue weighted by Crippen LogP contribution is 2.22. The van der Waals surface area contributed by atoms with Crippen LogP contribution in [0.3, 0.4) is 0 Å². The highest BCUT2D eigenvalue weighted by Gasteiger charge is 2.20.